The van der Waals surface area contributed by atoms with Crippen LogP contribution in [-0.2, 0) is 12.8 Å². The van der Waals surface area contributed by atoms with E-state index in [4.69, 9.17) is 20.6 Å². The number of carbonyl (C=O) groups excluding carboxylic acids is 1. The summed E-state index contributed by atoms with van der Waals surface area (Å²) in [5.41, 5.74) is 14.5. The fourth-order valence-electron chi connectivity index (χ4n) is 3.06. The van der Waals surface area contributed by atoms with Crippen molar-refractivity contribution in [2.24, 2.45) is 5.73 Å². The summed E-state index contributed by atoms with van der Waals surface area (Å²) in [5, 5.41) is 0.772. The number of hydrogen-bond donors (Lipinski definition) is 2. The number of ether oxygens (including phenoxy) is 1. The lowest BCUT2D eigenvalue weighted by atomic mass is 9.96. The van der Waals surface area contributed by atoms with Gasteiger partial charge in [0.05, 0.1) is 0 Å². The standard InChI is InChI=1S/C21H23N3O4/c1-24(2)21(26)27-15-6-7-17-16(8-9-22)18(20(25)28-19(17)12-15)11-13-4-3-5-14(23)10-13/h3-7,10,12H,8-9,11,22-23H2,1-2H3. The van der Waals surface area contributed by atoms with Crippen molar-refractivity contribution in [2.45, 2.75) is 12.8 Å². The zero-order chi connectivity index (χ0) is 20.3. The maximum atomic E-state index is 12.7. The summed E-state index contributed by atoms with van der Waals surface area (Å²) in [6, 6.07) is 12.4. The lowest BCUT2D eigenvalue weighted by Crippen LogP contribution is -2.25. The van der Waals surface area contributed by atoms with Gasteiger partial charge in [-0.25, -0.2) is 9.59 Å². The topological polar surface area (TPSA) is 112 Å². The lowest BCUT2D eigenvalue weighted by molar-refractivity contribution is 0.172. The van der Waals surface area contributed by atoms with Crippen LogP contribution < -0.4 is 21.8 Å². The maximum Gasteiger partial charge on any atom is 0.414 e. The molecule has 0 fully saturated rings. The van der Waals surface area contributed by atoms with Crippen LogP contribution in [0.3, 0.4) is 0 Å². The second-order valence-electron chi connectivity index (χ2n) is 6.73. The molecule has 2 aromatic carbocycles. The molecule has 28 heavy (non-hydrogen) atoms. The zero-order valence-electron chi connectivity index (χ0n) is 15.9. The smallest absolute Gasteiger partial charge is 0.414 e. The Morgan fingerprint density at radius 2 is 1.93 bits per heavy atom. The van der Waals surface area contributed by atoms with E-state index in [0.29, 0.717) is 42.0 Å². The summed E-state index contributed by atoms with van der Waals surface area (Å²) in [7, 11) is 3.18. The number of nitrogens with two attached hydrogens (primary N) is 2. The number of carbonyl (C=O) groups is 1. The first-order chi connectivity index (χ1) is 13.4. The predicted octanol–water partition coefficient (Wildman–Crippen LogP) is 2.53. The summed E-state index contributed by atoms with van der Waals surface area (Å²) < 4.78 is 10.8. The van der Waals surface area contributed by atoms with Crippen molar-refractivity contribution in [3.8, 4) is 5.75 Å². The second-order valence-corrected chi connectivity index (χ2v) is 6.73. The number of anilines is 1. The third-order valence-electron chi connectivity index (χ3n) is 4.39. The van der Waals surface area contributed by atoms with Crippen LogP contribution in [0.25, 0.3) is 11.0 Å². The van der Waals surface area contributed by atoms with Crippen LogP contribution in [-0.4, -0.2) is 31.6 Å². The van der Waals surface area contributed by atoms with Crippen molar-refractivity contribution >= 4 is 22.7 Å². The van der Waals surface area contributed by atoms with Crippen molar-refractivity contribution < 1.29 is 13.9 Å². The van der Waals surface area contributed by atoms with Gasteiger partial charge in [0.15, 0.2) is 0 Å². The van der Waals surface area contributed by atoms with Gasteiger partial charge in [-0.1, -0.05) is 12.1 Å². The molecule has 0 spiro atoms. The van der Waals surface area contributed by atoms with E-state index in [0.717, 1.165) is 16.5 Å². The van der Waals surface area contributed by atoms with Gasteiger partial charge in [0.1, 0.15) is 11.3 Å². The maximum absolute atomic E-state index is 12.7. The van der Waals surface area contributed by atoms with Gasteiger partial charge in [0.2, 0.25) is 0 Å². The van der Waals surface area contributed by atoms with Gasteiger partial charge in [-0.05, 0) is 48.4 Å². The number of hydrogen-bond acceptors (Lipinski definition) is 6. The van der Waals surface area contributed by atoms with E-state index in [9.17, 15) is 9.59 Å². The van der Waals surface area contributed by atoms with Crippen LogP contribution >= 0.6 is 0 Å². The minimum atomic E-state index is -0.512. The number of benzene rings is 2. The van der Waals surface area contributed by atoms with Crippen LogP contribution in [0.15, 0.2) is 51.7 Å². The Morgan fingerprint density at radius 1 is 1.14 bits per heavy atom. The van der Waals surface area contributed by atoms with Gasteiger partial charge in [0.25, 0.3) is 0 Å². The molecule has 0 aliphatic rings. The summed E-state index contributed by atoms with van der Waals surface area (Å²) in [6.07, 6.45) is 0.411. The van der Waals surface area contributed by atoms with E-state index < -0.39 is 11.7 Å². The normalized spacial score (nSPS) is 10.8. The molecule has 7 heteroatoms. The summed E-state index contributed by atoms with van der Waals surface area (Å²) in [5.74, 6) is 0.302. The Labute approximate surface area is 162 Å². The molecule has 0 bridgehead atoms. The highest BCUT2D eigenvalue weighted by Gasteiger charge is 2.16. The van der Waals surface area contributed by atoms with Crippen LogP contribution in [0.2, 0.25) is 0 Å². The average Bonchev–Trinajstić information content (AvgIpc) is 2.64. The summed E-state index contributed by atoms with van der Waals surface area (Å²) in [4.78, 5) is 25.8. The Balaban J connectivity index is 2.07. The van der Waals surface area contributed by atoms with Gasteiger partial charge < -0.3 is 25.5 Å². The number of nitrogens with zero attached hydrogens (tertiary/aromatic N) is 1. The van der Waals surface area contributed by atoms with Crippen LogP contribution in [0.1, 0.15) is 16.7 Å². The third kappa shape index (κ3) is 4.15. The SMILES string of the molecule is CN(C)C(=O)Oc1ccc2c(CCN)c(Cc3cccc(N)c3)c(=O)oc2c1. The van der Waals surface area contributed by atoms with E-state index in [-0.39, 0.29) is 0 Å². The molecule has 0 atom stereocenters. The molecular formula is C21H23N3O4. The van der Waals surface area contributed by atoms with E-state index in [1.54, 1.807) is 38.4 Å². The molecule has 0 saturated heterocycles. The number of nitrogen functional groups attached to an aromatic ring is 1. The van der Waals surface area contributed by atoms with Crippen molar-refractivity contribution in [1.82, 2.24) is 4.90 Å². The molecule has 3 aromatic rings. The molecule has 1 amide bonds. The molecule has 0 aliphatic heterocycles. The van der Waals surface area contributed by atoms with Gasteiger partial charge in [-0.3, -0.25) is 0 Å². The predicted molar refractivity (Wildman–Crippen MR) is 109 cm³/mol. The fourth-order valence-corrected chi connectivity index (χ4v) is 3.06. The first-order valence-corrected chi connectivity index (χ1v) is 8.91. The summed E-state index contributed by atoms with van der Waals surface area (Å²) >= 11 is 0. The van der Waals surface area contributed by atoms with Gasteiger partial charge in [0, 0.05) is 43.2 Å². The molecule has 4 N–H and O–H groups in total. The first kappa shape index (κ1) is 19.4. The minimum Gasteiger partial charge on any atom is -0.422 e. The van der Waals surface area contributed by atoms with Crippen LogP contribution in [0.5, 0.6) is 5.75 Å². The van der Waals surface area contributed by atoms with E-state index >= 15 is 0 Å². The van der Waals surface area contributed by atoms with Crippen molar-refractivity contribution in [3.05, 3.63) is 69.6 Å². The number of rotatable bonds is 5. The third-order valence-corrected chi connectivity index (χ3v) is 4.39. The van der Waals surface area contributed by atoms with Crippen molar-refractivity contribution in [1.29, 1.82) is 0 Å². The number of fused-ring (bicyclic) bond motifs is 1. The van der Waals surface area contributed by atoms with E-state index in [2.05, 4.69) is 0 Å². The van der Waals surface area contributed by atoms with Gasteiger partial charge in [-0.2, -0.15) is 0 Å². The fraction of sp³-hybridized carbons (Fsp3) is 0.238. The molecule has 0 saturated carbocycles. The highest BCUT2D eigenvalue weighted by molar-refractivity contribution is 5.83. The molecule has 3 rings (SSSR count). The molecular weight excluding hydrogens is 358 g/mol. The molecule has 0 unspecified atom stereocenters. The van der Waals surface area contributed by atoms with Gasteiger partial charge in [-0.15, -0.1) is 0 Å². The second kappa shape index (κ2) is 8.14. The Kier molecular flexibility index (Phi) is 5.65. The quantitative estimate of drug-likeness (QED) is 0.519. The molecule has 0 radical (unpaired) electrons. The highest BCUT2D eigenvalue weighted by Crippen LogP contribution is 2.26. The van der Waals surface area contributed by atoms with E-state index in [1.165, 1.54) is 4.90 Å². The van der Waals surface area contributed by atoms with Crippen LogP contribution in [0, 0.1) is 0 Å². The zero-order valence-corrected chi connectivity index (χ0v) is 15.9. The number of amides is 1. The molecule has 0 aliphatic carbocycles. The summed E-state index contributed by atoms with van der Waals surface area (Å²) in [6.45, 7) is 0.389. The van der Waals surface area contributed by atoms with Gasteiger partial charge >= 0.3 is 11.7 Å². The van der Waals surface area contributed by atoms with Crippen LogP contribution in [0.4, 0.5) is 10.5 Å². The Bertz CT molecular complexity index is 1070. The lowest BCUT2D eigenvalue weighted by Gasteiger charge is -2.13. The Morgan fingerprint density at radius 3 is 2.61 bits per heavy atom. The Hall–Kier alpha value is -3.32. The molecule has 1 heterocycles. The highest BCUT2D eigenvalue weighted by atomic mass is 16.6. The monoisotopic (exact) mass is 381 g/mol. The first-order valence-electron chi connectivity index (χ1n) is 8.91. The largest absolute Gasteiger partial charge is 0.422 e. The minimum absolute atomic E-state index is 0.302. The molecule has 1 aromatic heterocycles. The molecule has 146 valence electrons. The van der Waals surface area contributed by atoms with E-state index in [1.807, 2.05) is 18.2 Å². The average molecular weight is 381 g/mol. The molecule has 7 nitrogen and oxygen atoms in total. The van der Waals surface area contributed by atoms with Crippen molar-refractivity contribution in [3.63, 3.8) is 0 Å². The van der Waals surface area contributed by atoms with Crippen molar-refractivity contribution in [2.75, 3.05) is 26.4 Å².